The molecule has 2 aromatic carbocycles. The normalized spacial score (nSPS) is 13.0. The molecule has 10 nitrogen and oxygen atoms in total. The van der Waals surface area contributed by atoms with Gasteiger partial charge in [0.1, 0.15) is 0 Å². The summed E-state index contributed by atoms with van der Waals surface area (Å²) in [5.74, 6) is 0.956. The number of carbonyl (C=O) groups excluding carboxylic acids is 2. The van der Waals surface area contributed by atoms with Gasteiger partial charge in [-0.2, -0.15) is 16.8 Å². The molecule has 178 valence electrons. The molecule has 0 bridgehead atoms. The number of esters is 2. The van der Waals surface area contributed by atoms with Crippen molar-refractivity contribution < 1.29 is 44.3 Å². The van der Waals surface area contributed by atoms with Crippen molar-refractivity contribution in [2.24, 2.45) is 0 Å². The number of ether oxygens (including phenoxy) is 2. The van der Waals surface area contributed by atoms with Gasteiger partial charge in [0.15, 0.2) is 13.2 Å². The molecular weight excluding hydrogens is 488 g/mol. The van der Waals surface area contributed by atoms with Crippen molar-refractivity contribution in [1.82, 2.24) is 0 Å². The van der Waals surface area contributed by atoms with Crippen LogP contribution in [0, 0.1) is 24.7 Å². The second-order valence-electron chi connectivity index (χ2n) is 6.19. The zero-order valence-electron chi connectivity index (χ0n) is 17.4. The van der Waals surface area contributed by atoms with Gasteiger partial charge in [0.25, 0.3) is 20.2 Å². The van der Waals surface area contributed by atoms with E-state index in [2.05, 4.69) is 0 Å². The maximum absolute atomic E-state index is 12.7. The Morgan fingerprint density at radius 3 is 1.29 bits per heavy atom. The summed E-state index contributed by atoms with van der Waals surface area (Å²) in [5, 5.41) is 0. The summed E-state index contributed by atoms with van der Waals surface area (Å²) in [5.41, 5.74) is 0. The van der Waals surface area contributed by atoms with E-state index >= 15 is 0 Å². The summed E-state index contributed by atoms with van der Waals surface area (Å²) < 4.78 is 70.2. The SMILES string of the molecule is C#CCOC(=O)C(OS(=O)(=O)c1ccccc1)C(OS(=O)(=O)c1ccccc1)C(=O)OCC#C. The van der Waals surface area contributed by atoms with E-state index in [0.717, 1.165) is 24.3 Å². The molecule has 2 aromatic rings. The van der Waals surface area contributed by atoms with Gasteiger partial charge in [0.05, 0.1) is 9.79 Å². The first-order valence-electron chi connectivity index (χ1n) is 9.29. The highest BCUT2D eigenvalue weighted by Gasteiger charge is 2.45. The van der Waals surface area contributed by atoms with Crippen LogP contribution in [0.4, 0.5) is 0 Å². The van der Waals surface area contributed by atoms with Crippen molar-refractivity contribution in [3.05, 3.63) is 60.7 Å². The number of benzene rings is 2. The summed E-state index contributed by atoms with van der Waals surface area (Å²) in [7, 11) is -9.45. The molecule has 0 heterocycles. The van der Waals surface area contributed by atoms with E-state index in [1.54, 1.807) is 0 Å². The Balaban J connectivity index is 2.53. The third kappa shape index (κ3) is 7.16. The lowest BCUT2D eigenvalue weighted by Crippen LogP contribution is -2.47. The van der Waals surface area contributed by atoms with Gasteiger partial charge < -0.3 is 9.47 Å². The quantitative estimate of drug-likeness (QED) is 0.245. The first-order valence-corrected chi connectivity index (χ1v) is 12.1. The van der Waals surface area contributed by atoms with Gasteiger partial charge in [0, 0.05) is 0 Å². The molecule has 0 saturated carbocycles. The van der Waals surface area contributed by atoms with Crippen LogP contribution in [-0.4, -0.2) is 54.2 Å². The molecule has 2 rings (SSSR count). The molecule has 2 atom stereocenters. The summed E-state index contributed by atoms with van der Waals surface area (Å²) in [4.78, 5) is 24.5. The second kappa shape index (κ2) is 12.0. The molecular formula is C22H18O10S2. The Labute approximate surface area is 197 Å². The molecule has 0 aliphatic carbocycles. The monoisotopic (exact) mass is 506 g/mol. The fourth-order valence-electron chi connectivity index (χ4n) is 2.37. The van der Waals surface area contributed by atoms with E-state index in [-0.39, 0.29) is 0 Å². The van der Waals surface area contributed by atoms with E-state index in [4.69, 9.17) is 30.7 Å². The molecule has 0 amide bonds. The summed E-state index contributed by atoms with van der Waals surface area (Å²) in [6.45, 7) is -1.27. The molecule has 34 heavy (non-hydrogen) atoms. The van der Waals surface area contributed by atoms with E-state index < -0.39 is 67.4 Å². The second-order valence-corrected chi connectivity index (χ2v) is 9.34. The van der Waals surface area contributed by atoms with Crippen LogP contribution in [0.2, 0.25) is 0 Å². The third-order valence-electron chi connectivity index (χ3n) is 3.86. The van der Waals surface area contributed by atoms with Crippen LogP contribution < -0.4 is 0 Å². The Hall–Kier alpha value is -3.68. The van der Waals surface area contributed by atoms with Crippen LogP contribution in [0.3, 0.4) is 0 Å². The van der Waals surface area contributed by atoms with Crippen molar-refractivity contribution in [3.63, 3.8) is 0 Å². The fourth-order valence-corrected chi connectivity index (χ4v) is 4.48. The predicted octanol–water partition coefficient (Wildman–Crippen LogP) is 0.887. The van der Waals surface area contributed by atoms with Gasteiger partial charge in [-0.15, -0.1) is 12.8 Å². The topological polar surface area (TPSA) is 139 Å². The molecule has 0 fully saturated rings. The zero-order chi connectivity index (χ0) is 25.2. The highest BCUT2D eigenvalue weighted by molar-refractivity contribution is 7.87. The van der Waals surface area contributed by atoms with Crippen molar-refractivity contribution in [3.8, 4) is 24.7 Å². The average molecular weight is 507 g/mol. The molecule has 0 aliphatic rings. The van der Waals surface area contributed by atoms with E-state index in [0.29, 0.717) is 0 Å². The van der Waals surface area contributed by atoms with Crippen LogP contribution in [-0.2, 0) is 47.7 Å². The van der Waals surface area contributed by atoms with Crippen LogP contribution in [0.15, 0.2) is 70.5 Å². The van der Waals surface area contributed by atoms with Gasteiger partial charge in [-0.25, -0.2) is 18.0 Å². The minimum absolute atomic E-state index is 0.397. The van der Waals surface area contributed by atoms with Gasteiger partial charge in [0.2, 0.25) is 12.2 Å². The summed E-state index contributed by atoms with van der Waals surface area (Å²) in [6, 6.07) is 13.1. The maximum Gasteiger partial charge on any atom is 0.341 e. The molecule has 0 aliphatic heterocycles. The number of carbonyl (C=O) groups is 2. The van der Waals surface area contributed by atoms with Crippen LogP contribution in [0.1, 0.15) is 0 Å². The van der Waals surface area contributed by atoms with Gasteiger partial charge in [-0.3, -0.25) is 0 Å². The van der Waals surface area contributed by atoms with Gasteiger partial charge >= 0.3 is 11.9 Å². The van der Waals surface area contributed by atoms with Crippen molar-refractivity contribution in [1.29, 1.82) is 0 Å². The first-order chi connectivity index (χ1) is 16.1. The highest BCUT2D eigenvalue weighted by atomic mass is 32.2. The van der Waals surface area contributed by atoms with Crippen molar-refractivity contribution in [2.75, 3.05) is 13.2 Å². The van der Waals surface area contributed by atoms with Crippen LogP contribution >= 0.6 is 0 Å². The highest BCUT2D eigenvalue weighted by Crippen LogP contribution is 2.22. The standard InChI is InChI=1S/C22H18O10S2/c1-3-15-29-21(23)19(31-33(25,26)17-11-7-5-8-12-17)20(22(24)30-16-4-2)32-34(27,28)18-13-9-6-10-14-18/h1-2,5-14,19-20H,15-16H2. The van der Waals surface area contributed by atoms with E-state index in [1.165, 1.54) is 36.4 Å². The lowest BCUT2D eigenvalue weighted by molar-refractivity contribution is -0.166. The van der Waals surface area contributed by atoms with Crippen molar-refractivity contribution >= 4 is 32.2 Å². The molecule has 0 saturated heterocycles. The van der Waals surface area contributed by atoms with E-state index in [9.17, 15) is 26.4 Å². The number of terminal acetylenes is 2. The third-order valence-corrected chi connectivity index (χ3v) is 6.48. The van der Waals surface area contributed by atoms with Gasteiger partial charge in [-0.1, -0.05) is 48.2 Å². The Morgan fingerprint density at radius 1 is 0.676 bits per heavy atom. The maximum atomic E-state index is 12.7. The molecule has 0 spiro atoms. The largest absolute Gasteiger partial charge is 0.450 e. The first kappa shape index (κ1) is 26.6. The minimum atomic E-state index is -4.72. The zero-order valence-corrected chi connectivity index (χ0v) is 19.0. The Kier molecular flexibility index (Phi) is 9.36. The summed E-state index contributed by atoms with van der Waals surface area (Å²) in [6.07, 6.45) is 5.18. The van der Waals surface area contributed by atoms with E-state index in [1.807, 2.05) is 11.8 Å². The Bertz CT molecular complexity index is 1190. The lowest BCUT2D eigenvalue weighted by Gasteiger charge is -2.23. The molecule has 0 radical (unpaired) electrons. The minimum Gasteiger partial charge on any atom is -0.450 e. The Morgan fingerprint density at radius 2 is 1.00 bits per heavy atom. The summed E-state index contributed by atoms with van der Waals surface area (Å²) >= 11 is 0. The molecule has 0 N–H and O–H groups in total. The average Bonchev–Trinajstić information content (AvgIpc) is 2.84. The molecule has 12 heteroatoms. The fraction of sp³-hybridized carbons (Fsp3) is 0.182. The van der Waals surface area contributed by atoms with Crippen LogP contribution in [0.5, 0.6) is 0 Å². The smallest absolute Gasteiger partial charge is 0.341 e. The predicted molar refractivity (Wildman–Crippen MR) is 117 cm³/mol. The van der Waals surface area contributed by atoms with Crippen molar-refractivity contribution in [2.45, 2.75) is 22.0 Å². The molecule has 2 unspecified atom stereocenters. The number of hydrogen-bond acceptors (Lipinski definition) is 10. The van der Waals surface area contributed by atoms with Gasteiger partial charge in [-0.05, 0) is 24.3 Å². The number of hydrogen-bond donors (Lipinski definition) is 0. The lowest BCUT2D eigenvalue weighted by atomic mass is 10.2. The number of rotatable bonds is 11. The molecule has 0 aromatic heterocycles. The van der Waals surface area contributed by atoms with Crippen LogP contribution in [0.25, 0.3) is 0 Å².